The summed E-state index contributed by atoms with van der Waals surface area (Å²) < 4.78 is 16.8. The maximum atomic E-state index is 13.5. The Morgan fingerprint density at radius 3 is 2.38 bits per heavy atom. The Kier molecular flexibility index (Phi) is 5.03. The van der Waals surface area contributed by atoms with Gasteiger partial charge in [-0.3, -0.25) is 4.79 Å². The van der Waals surface area contributed by atoms with E-state index in [4.69, 9.17) is 14.2 Å². The number of benzene rings is 3. The number of H-pyrrole nitrogens is 1. The number of nitrogens with one attached hydrogen (secondary N) is 1. The van der Waals surface area contributed by atoms with Crippen molar-refractivity contribution in [1.29, 1.82) is 0 Å². The van der Waals surface area contributed by atoms with Crippen LogP contribution in [0.4, 0.5) is 5.69 Å². The van der Waals surface area contributed by atoms with Gasteiger partial charge in [-0.2, -0.15) is 0 Å². The molecule has 0 radical (unpaired) electrons. The highest BCUT2D eigenvalue weighted by atomic mass is 16.7. The largest absolute Gasteiger partial charge is 0.454 e. The molecule has 2 aliphatic rings. The number of aromatic nitrogens is 1. The highest BCUT2D eigenvalue weighted by molar-refractivity contribution is 5.95. The predicted molar refractivity (Wildman–Crippen MR) is 134 cm³/mol. The molecule has 34 heavy (non-hydrogen) atoms. The normalized spacial score (nSPS) is 19.5. The van der Waals surface area contributed by atoms with Gasteiger partial charge in [0.05, 0.1) is 17.7 Å². The van der Waals surface area contributed by atoms with E-state index >= 15 is 0 Å². The van der Waals surface area contributed by atoms with Crippen LogP contribution in [0.3, 0.4) is 0 Å². The molecule has 0 saturated carbocycles. The number of rotatable bonds is 3. The molecule has 0 spiro atoms. The van der Waals surface area contributed by atoms with Crippen LogP contribution in [0.1, 0.15) is 13.8 Å². The fraction of sp³-hybridized carbons (Fsp3) is 0.250. The van der Waals surface area contributed by atoms with E-state index in [9.17, 15) is 4.79 Å². The van der Waals surface area contributed by atoms with Crippen LogP contribution in [0.2, 0.25) is 0 Å². The van der Waals surface area contributed by atoms with Crippen LogP contribution in [0.25, 0.3) is 33.2 Å². The molecule has 0 aliphatic carbocycles. The van der Waals surface area contributed by atoms with Crippen LogP contribution in [-0.2, 0) is 4.74 Å². The SMILES string of the molecule is C[C@@H]1CN(c2ccc(-c3c[nH]c4c(-c5ccc6c(c5)OCO6)cccc4c3=O)cc2)C[C@H](C)O1. The summed E-state index contributed by atoms with van der Waals surface area (Å²) in [7, 11) is 0. The summed E-state index contributed by atoms with van der Waals surface area (Å²) in [6.07, 6.45) is 2.21. The third-order valence-electron chi connectivity index (χ3n) is 6.56. The van der Waals surface area contributed by atoms with Crippen LogP contribution in [0, 0.1) is 0 Å². The molecule has 1 saturated heterocycles. The highest BCUT2D eigenvalue weighted by Gasteiger charge is 2.22. The molecule has 172 valence electrons. The summed E-state index contributed by atoms with van der Waals surface area (Å²) in [4.78, 5) is 19.2. The molecule has 1 N–H and O–H groups in total. The van der Waals surface area contributed by atoms with E-state index < -0.39 is 0 Å². The van der Waals surface area contributed by atoms with Crippen LogP contribution in [-0.4, -0.2) is 37.1 Å². The van der Waals surface area contributed by atoms with Crippen LogP contribution in [0.5, 0.6) is 11.5 Å². The van der Waals surface area contributed by atoms with Crippen molar-refractivity contribution in [3.8, 4) is 33.8 Å². The van der Waals surface area contributed by atoms with Crippen molar-refractivity contribution >= 4 is 16.6 Å². The lowest BCUT2D eigenvalue weighted by atomic mass is 9.98. The van der Waals surface area contributed by atoms with Crippen molar-refractivity contribution in [2.75, 3.05) is 24.8 Å². The smallest absolute Gasteiger partial charge is 0.231 e. The number of nitrogens with zero attached hydrogens (tertiary/aromatic N) is 1. The number of ether oxygens (including phenoxy) is 3. The van der Waals surface area contributed by atoms with Gasteiger partial charge in [0.2, 0.25) is 6.79 Å². The molecule has 6 heteroatoms. The first kappa shape index (κ1) is 20.8. The van der Waals surface area contributed by atoms with Gasteiger partial charge < -0.3 is 24.1 Å². The first-order chi connectivity index (χ1) is 16.6. The Morgan fingerprint density at radius 2 is 1.59 bits per heavy atom. The predicted octanol–water partition coefficient (Wildman–Crippen LogP) is 5.20. The summed E-state index contributed by atoms with van der Waals surface area (Å²) in [6, 6.07) is 19.9. The molecular weight excluding hydrogens is 428 g/mol. The van der Waals surface area contributed by atoms with Gasteiger partial charge in [0.15, 0.2) is 16.9 Å². The fourth-order valence-corrected chi connectivity index (χ4v) is 5.01. The van der Waals surface area contributed by atoms with Crippen LogP contribution in [0.15, 0.2) is 71.7 Å². The van der Waals surface area contributed by atoms with Crippen molar-refractivity contribution < 1.29 is 14.2 Å². The second-order valence-electron chi connectivity index (χ2n) is 9.04. The van der Waals surface area contributed by atoms with E-state index in [1.807, 2.05) is 54.7 Å². The molecule has 6 rings (SSSR count). The number of hydrogen-bond acceptors (Lipinski definition) is 5. The van der Waals surface area contributed by atoms with Crippen molar-refractivity contribution in [1.82, 2.24) is 4.98 Å². The van der Waals surface area contributed by atoms with Gasteiger partial charge in [-0.25, -0.2) is 0 Å². The number of hydrogen-bond donors (Lipinski definition) is 1. The number of anilines is 1. The quantitative estimate of drug-likeness (QED) is 0.461. The fourth-order valence-electron chi connectivity index (χ4n) is 5.01. The van der Waals surface area contributed by atoms with Gasteiger partial charge in [-0.1, -0.05) is 30.3 Å². The highest BCUT2D eigenvalue weighted by Crippen LogP contribution is 2.37. The second kappa shape index (κ2) is 8.22. The molecule has 1 fully saturated rings. The van der Waals surface area contributed by atoms with Crippen LogP contribution >= 0.6 is 0 Å². The first-order valence-corrected chi connectivity index (χ1v) is 11.6. The van der Waals surface area contributed by atoms with Crippen LogP contribution < -0.4 is 19.8 Å². The lowest BCUT2D eigenvalue weighted by molar-refractivity contribution is -0.00521. The van der Waals surface area contributed by atoms with Crippen molar-refractivity contribution in [2.45, 2.75) is 26.1 Å². The van der Waals surface area contributed by atoms with Crippen molar-refractivity contribution in [3.05, 3.63) is 77.1 Å². The van der Waals surface area contributed by atoms with E-state index in [1.165, 1.54) is 0 Å². The summed E-state index contributed by atoms with van der Waals surface area (Å²) in [5, 5.41) is 0.660. The van der Waals surface area contributed by atoms with E-state index in [-0.39, 0.29) is 24.4 Å². The summed E-state index contributed by atoms with van der Waals surface area (Å²) in [6.45, 7) is 6.16. The minimum atomic E-state index is 0.0118. The average molecular weight is 455 g/mol. The maximum absolute atomic E-state index is 13.5. The van der Waals surface area contributed by atoms with Gasteiger partial charge >= 0.3 is 0 Å². The lowest BCUT2D eigenvalue weighted by Gasteiger charge is -2.36. The Hall–Kier alpha value is -3.77. The van der Waals surface area contributed by atoms with E-state index in [0.29, 0.717) is 10.9 Å². The standard InChI is InChI=1S/C28H26N2O4/c1-17-14-30(15-18(2)34-17)21-9-6-19(7-10-21)24-13-29-27-22(4-3-5-23(27)28(24)31)20-8-11-25-26(12-20)33-16-32-25/h3-13,17-18H,14-16H2,1-2H3,(H,29,31)/t17-,18+. The monoisotopic (exact) mass is 454 g/mol. The molecule has 0 unspecified atom stereocenters. The molecule has 0 bridgehead atoms. The second-order valence-corrected chi connectivity index (χ2v) is 9.04. The van der Waals surface area contributed by atoms with Crippen molar-refractivity contribution in [2.24, 2.45) is 0 Å². The minimum Gasteiger partial charge on any atom is -0.454 e. The molecule has 6 nitrogen and oxygen atoms in total. The van der Waals surface area contributed by atoms with Gasteiger partial charge in [0.1, 0.15) is 0 Å². The molecule has 4 aromatic rings. The van der Waals surface area contributed by atoms with Gasteiger partial charge in [-0.15, -0.1) is 0 Å². The van der Waals surface area contributed by atoms with Gasteiger partial charge in [0, 0.05) is 41.5 Å². The van der Waals surface area contributed by atoms with E-state index in [0.717, 1.165) is 52.5 Å². The van der Waals surface area contributed by atoms with Gasteiger partial charge in [0.25, 0.3) is 0 Å². The van der Waals surface area contributed by atoms with Crippen molar-refractivity contribution in [3.63, 3.8) is 0 Å². The van der Waals surface area contributed by atoms with Gasteiger partial charge in [-0.05, 0) is 55.3 Å². The Morgan fingerprint density at radius 1 is 0.853 bits per heavy atom. The summed E-state index contributed by atoms with van der Waals surface area (Å²) >= 11 is 0. The third-order valence-corrected chi connectivity index (χ3v) is 6.56. The molecule has 1 aromatic heterocycles. The zero-order chi connectivity index (χ0) is 23.2. The lowest BCUT2D eigenvalue weighted by Crippen LogP contribution is -2.45. The summed E-state index contributed by atoms with van der Waals surface area (Å²) in [5.41, 5.74) is 5.44. The number of pyridine rings is 1. The number of morpholine rings is 1. The zero-order valence-electron chi connectivity index (χ0n) is 19.2. The number of para-hydroxylation sites is 1. The first-order valence-electron chi connectivity index (χ1n) is 11.6. The topological polar surface area (TPSA) is 63.8 Å². The third kappa shape index (κ3) is 3.60. The zero-order valence-corrected chi connectivity index (χ0v) is 19.2. The van der Waals surface area contributed by atoms with E-state index in [2.05, 4.69) is 35.9 Å². The molecule has 3 heterocycles. The number of fused-ring (bicyclic) bond motifs is 2. The van der Waals surface area contributed by atoms with E-state index in [1.54, 1.807) is 0 Å². The number of aromatic amines is 1. The molecule has 0 amide bonds. The Labute approximate surface area is 197 Å². The molecular formula is C28H26N2O4. The molecule has 3 aromatic carbocycles. The Bertz CT molecular complexity index is 1420. The molecule has 2 atom stereocenters. The maximum Gasteiger partial charge on any atom is 0.231 e. The Balaban J connectivity index is 1.35. The minimum absolute atomic E-state index is 0.0118. The average Bonchev–Trinajstić information content (AvgIpc) is 3.32. The molecule has 2 aliphatic heterocycles. The summed E-state index contributed by atoms with van der Waals surface area (Å²) in [5.74, 6) is 1.46.